The first kappa shape index (κ1) is 10.8. The van der Waals surface area contributed by atoms with E-state index in [1.165, 1.54) is 18.2 Å². The molecule has 0 unspecified atom stereocenters. The van der Waals surface area contributed by atoms with Crippen LogP contribution in [0.3, 0.4) is 0 Å². The van der Waals surface area contributed by atoms with Crippen LogP contribution in [0.25, 0.3) is 0 Å². The quantitative estimate of drug-likeness (QED) is 0.802. The lowest BCUT2D eigenvalue weighted by atomic mass is 10.3. The molecule has 6 heteroatoms. The third-order valence-electron chi connectivity index (χ3n) is 1.55. The van der Waals surface area contributed by atoms with E-state index < -0.39 is 15.8 Å². The van der Waals surface area contributed by atoms with E-state index >= 15 is 0 Å². The molecule has 1 aromatic carbocycles. The molecule has 0 radical (unpaired) electrons. The van der Waals surface area contributed by atoms with Gasteiger partial charge in [-0.1, -0.05) is 0 Å². The van der Waals surface area contributed by atoms with Gasteiger partial charge in [-0.15, -0.1) is 0 Å². The van der Waals surface area contributed by atoms with E-state index in [0.29, 0.717) is 5.69 Å². The average Bonchev–Trinajstić information content (AvgIpc) is 2.06. The largest absolute Gasteiger partial charge is 0.388 e. The van der Waals surface area contributed by atoms with Gasteiger partial charge in [0.25, 0.3) is 0 Å². The Bertz CT molecular complexity index is 431. The minimum atomic E-state index is -3.44. The molecule has 0 fully saturated rings. The summed E-state index contributed by atoms with van der Waals surface area (Å²) in [6.45, 7) is 0. The molecular weight excluding hydrogens is 207 g/mol. The van der Waals surface area contributed by atoms with Crippen molar-refractivity contribution in [1.29, 1.82) is 0 Å². The van der Waals surface area contributed by atoms with Gasteiger partial charge in [-0.05, 0) is 18.2 Å². The molecule has 0 saturated carbocycles. The van der Waals surface area contributed by atoms with Crippen LogP contribution in [0.1, 0.15) is 0 Å². The van der Waals surface area contributed by atoms with E-state index in [-0.39, 0.29) is 5.69 Å². The summed E-state index contributed by atoms with van der Waals surface area (Å²) in [7, 11) is -1.78. The highest BCUT2D eigenvalue weighted by atomic mass is 32.2. The maximum absolute atomic E-state index is 13.1. The lowest BCUT2D eigenvalue weighted by Gasteiger charge is -2.07. The summed E-state index contributed by atoms with van der Waals surface area (Å²) in [4.78, 5) is 0. The monoisotopic (exact) mass is 218 g/mol. The summed E-state index contributed by atoms with van der Waals surface area (Å²) in [6, 6.07) is 4.10. The highest BCUT2D eigenvalue weighted by Crippen LogP contribution is 2.19. The highest BCUT2D eigenvalue weighted by molar-refractivity contribution is 7.92. The fraction of sp³-hybridized carbons (Fsp3) is 0.250. The van der Waals surface area contributed by atoms with Gasteiger partial charge in [-0.25, -0.2) is 12.8 Å². The van der Waals surface area contributed by atoms with Crippen LogP contribution >= 0.6 is 0 Å². The van der Waals surface area contributed by atoms with Crippen LogP contribution in [-0.4, -0.2) is 21.7 Å². The number of sulfonamides is 1. The van der Waals surface area contributed by atoms with Crippen molar-refractivity contribution in [2.24, 2.45) is 0 Å². The molecule has 2 N–H and O–H groups in total. The maximum Gasteiger partial charge on any atom is 0.229 e. The van der Waals surface area contributed by atoms with Crippen molar-refractivity contribution >= 4 is 21.4 Å². The topological polar surface area (TPSA) is 58.2 Å². The summed E-state index contributed by atoms with van der Waals surface area (Å²) in [5.74, 6) is -0.602. The van der Waals surface area contributed by atoms with Crippen LogP contribution in [0.4, 0.5) is 15.8 Å². The first-order valence-electron chi connectivity index (χ1n) is 3.87. The predicted octanol–water partition coefficient (Wildman–Crippen LogP) is 1.24. The zero-order valence-electron chi connectivity index (χ0n) is 7.83. The van der Waals surface area contributed by atoms with Crippen molar-refractivity contribution < 1.29 is 12.8 Å². The van der Waals surface area contributed by atoms with E-state index in [1.54, 1.807) is 7.05 Å². The van der Waals surface area contributed by atoms with Crippen LogP contribution in [0.15, 0.2) is 18.2 Å². The van der Waals surface area contributed by atoms with Gasteiger partial charge in [-0.3, -0.25) is 4.72 Å². The SMILES string of the molecule is CNc1ccc(F)c(NS(C)(=O)=O)c1. The van der Waals surface area contributed by atoms with E-state index in [4.69, 9.17) is 0 Å². The molecule has 4 nitrogen and oxygen atoms in total. The zero-order valence-corrected chi connectivity index (χ0v) is 8.65. The predicted molar refractivity (Wildman–Crippen MR) is 54.4 cm³/mol. The normalized spacial score (nSPS) is 11.1. The van der Waals surface area contributed by atoms with Crippen molar-refractivity contribution in [3.05, 3.63) is 24.0 Å². The molecule has 0 aliphatic rings. The zero-order chi connectivity index (χ0) is 10.8. The van der Waals surface area contributed by atoms with E-state index in [0.717, 1.165) is 6.26 Å². The first-order chi connectivity index (χ1) is 6.42. The van der Waals surface area contributed by atoms with Crippen molar-refractivity contribution in [2.45, 2.75) is 0 Å². The molecule has 0 aliphatic carbocycles. The first-order valence-corrected chi connectivity index (χ1v) is 5.76. The second kappa shape index (κ2) is 3.83. The molecule has 0 aromatic heterocycles. The van der Waals surface area contributed by atoms with Crippen LogP contribution in [0, 0.1) is 5.82 Å². The molecule has 0 heterocycles. The molecule has 78 valence electrons. The van der Waals surface area contributed by atoms with Gasteiger partial charge in [0.2, 0.25) is 10.0 Å². The third kappa shape index (κ3) is 2.88. The third-order valence-corrected chi connectivity index (χ3v) is 2.14. The number of rotatable bonds is 3. The van der Waals surface area contributed by atoms with Crippen LogP contribution in [0.2, 0.25) is 0 Å². The standard InChI is InChI=1S/C8H11FN2O2S/c1-10-6-3-4-7(9)8(5-6)11-14(2,12)13/h3-5,10-11H,1-2H3. The maximum atomic E-state index is 13.1. The molecule has 1 aromatic rings. The second-order valence-corrected chi connectivity index (χ2v) is 4.57. The van der Waals surface area contributed by atoms with Gasteiger partial charge in [0.15, 0.2) is 0 Å². The number of nitrogens with one attached hydrogen (secondary N) is 2. The van der Waals surface area contributed by atoms with Gasteiger partial charge in [-0.2, -0.15) is 0 Å². The van der Waals surface area contributed by atoms with Crippen molar-refractivity contribution in [1.82, 2.24) is 0 Å². The summed E-state index contributed by atoms with van der Waals surface area (Å²) in [6.07, 6.45) is 0.971. The Hall–Kier alpha value is -1.30. The molecule has 0 spiro atoms. The second-order valence-electron chi connectivity index (χ2n) is 2.82. The van der Waals surface area contributed by atoms with Crippen LogP contribution < -0.4 is 10.0 Å². The minimum Gasteiger partial charge on any atom is -0.388 e. The fourth-order valence-electron chi connectivity index (χ4n) is 0.959. The Kier molecular flexibility index (Phi) is 2.95. The van der Waals surface area contributed by atoms with Gasteiger partial charge in [0, 0.05) is 12.7 Å². The number of anilines is 2. The van der Waals surface area contributed by atoms with Crippen molar-refractivity contribution in [3.63, 3.8) is 0 Å². The molecule has 14 heavy (non-hydrogen) atoms. The molecule has 0 bridgehead atoms. The molecule has 1 rings (SSSR count). The Labute approximate surface area is 82.2 Å². The van der Waals surface area contributed by atoms with Crippen molar-refractivity contribution in [2.75, 3.05) is 23.3 Å². The van der Waals surface area contributed by atoms with E-state index in [1.807, 2.05) is 0 Å². The van der Waals surface area contributed by atoms with Crippen molar-refractivity contribution in [3.8, 4) is 0 Å². The average molecular weight is 218 g/mol. The summed E-state index contributed by atoms with van der Waals surface area (Å²) in [5, 5.41) is 2.78. The van der Waals surface area contributed by atoms with Crippen LogP contribution in [-0.2, 0) is 10.0 Å². The smallest absolute Gasteiger partial charge is 0.229 e. The Morgan fingerprint density at radius 1 is 1.36 bits per heavy atom. The van der Waals surface area contributed by atoms with Crippen LogP contribution in [0.5, 0.6) is 0 Å². The summed E-state index contributed by atoms with van der Waals surface area (Å²) < 4.78 is 36.9. The number of hydrogen-bond acceptors (Lipinski definition) is 3. The van der Waals surface area contributed by atoms with E-state index in [2.05, 4.69) is 10.0 Å². The molecule has 0 aliphatic heterocycles. The lowest BCUT2D eigenvalue weighted by Crippen LogP contribution is -2.11. The molecule has 0 saturated heterocycles. The highest BCUT2D eigenvalue weighted by Gasteiger charge is 2.07. The Balaban J connectivity index is 3.07. The van der Waals surface area contributed by atoms with Gasteiger partial charge >= 0.3 is 0 Å². The number of hydrogen-bond donors (Lipinski definition) is 2. The minimum absolute atomic E-state index is 0.0562. The molecule has 0 amide bonds. The van der Waals surface area contributed by atoms with Gasteiger partial charge in [0.05, 0.1) is 11.9 Å². The van der Waals surface area contributed by atoms with E-state index in [9.17, 15) is 12.8 Å². The Morgan fingerprint density at radius 3 is 2.50 bits per heavy atom. The van der Waals surface area contributed by atoms with Gasteiger partial charge in [0.1, 0.15) is 5.82 Å². The fourth-order valence-corrected chi connectivity index (χ4v) is 1.51. The summed E-state index contributed by atoms with van der Waals surface area (Å²) >= 11 is 0. The number of benzene rings is 1. The molecular formula is C8H11FN2O2S. The number of halogens is 1. The lowest BCUT2D eigenvalue weighted by molar-refractivity contribution is 0.604. The molecule has 0 atom stereocenters. The van der Waals surface area contributed by atoms with Gasteiger partial charge < -0.3 is 5.32 Å². The Morgan fingerprint density at radius 2 is 2.00 bits per heavy atom. The summed E-state index contributed by atoms with van der Waals surface area (Å²) in [5.41, 5.74) is 0.580.